The maximum Gasteiger partial charge on any atom is 0.415 e. The minimum absolute atomic E-state index is 0.0103. The van der Waals surface area contributed by atoms with E-state index in [0.29, 0.717) is 18.8 Å². The highest BCUT2D eigenvalue weighted by molar-refractivity contribution is 7.90. The summed E-state index contributed by atoms with van der Waals surface area (Å²) < 4.78 is 26.8. The van der Waals surface area contributed by atoms with Crippen LogP contribution in [0.15, 0.2) is 54.6 Å². The molecule has 1 unspecified atom stereocenters. The Hall–Kier alpha value is -2.10. The topological polar surface area (TPSA) is 77.1 Å². The molecular formula is C28H39N3O4S. The molecular weight excluding hydrogens is 474 g/mol. The molecule has 0 aromatic heterocycles. The lowest BCUT2D eigenvalue weighted by Crippen LogP contribution is -2.58. The fourth-order valence-electron chi connectivity index (χ4n) is 4.95. The summed E-state index contributed by atoms with van der Waals surface area (Å²) in [6, 6.07) is 17.9. The fourth-order valence-corrected chi connectivity index (χ4v) is 5.77. The molecule has 2 aliphatic heterocycles. The van der Waals surface area contributed by atoms with Crippen molar-refractivity contribution in [3.05, 3.63) is 65.7 Å². The van der Waals surface area contributed by atoms with Crippen molar-refractivity contribution in [1.29, 1.82) is 0 Å². The highest BCUT2D eigenvalue weighted by Crippen LogP contribution is 2.39. The molecule has 2 fully saturated rings. The van der Waals surface area contributed by atoms with E-state index in [1.54, 1.807) is 17.0 Å². The minimum Gasteiger partial charge on any atom is -0.598 e. The van der Waals surface area contributed by atoms with Crippen molar-refractivity contribution in [2.45, 2.75) is 56.9 Å². The van der Waals surface area contributed by atoms with Crippen molar-refractivity contribution in [2.24, 2.45) is 0 Å². The van der Waals surface area contributed by atoms with Gasteiger partial charge in [0.1, 0.15) is 10.5 Å². The number of hydrogen-bond acceptors (Lipinski definition) is 6. The summed E-state index contributed by atoms with van der Waals surface area (Å²) in [4.78, 5) is 17.0. The maximum absolute atomic E-state index is 12.7. The molecule has 1 amide bonds. The molecule has 36 heavy (non-hydrogen) atoms. The molecule has 1 N–H and O–H groups in total. The molecule has 2 atom stereocenters. The number of rotatable bonds is 6. The molecule has 2 aromatic carbocycles. The zero-order valence-electron chi connectivity index (χ0n) is 21.9. The molecule has 0 aliphatic carbocycles. The van der Waals surface area contributed by atoms with Gasteiger partial charge in [-0.2, -0.15) is 0 Å². The number of nitrogens with one attached hydrogen (secondary N) is 1. The third-order valence-electron chi connectivity index (χ3n) is 7.20. The molecule has 4 rings (SSSR count). The first-order chi connectivity index (χ1) is 17.2. The number of amides is 1. The van der Waals surface area contributed by atoms with E-state index in [2.05, 4.69) is 40.8 Å². The second kappa shape index (κ2) is 11.5. The van der Waals surface area contributed by atoms with Gasteiger partial charge in [0.05, 0.1) is 11.6 Å². The Morgan fingerprint density at radius 3 is 2.22 bits per heavy atom. The zero-order valence-corrected chi connectivity index (χ0v) is 22.7. The van der Waals surface area contributed by atoms with Gasteiger partial charge < -0.3 is 18.9 Å². The molecule has 0 radical (unpaired) electrons. The Labute approximate surface area is 218 Å². The first kappa shape index (κ1) is 26.9. The van der Waals surface area contributed by atoms with Crippen LogP contribution in [0.4, 0.5) is 4.79 Å². The second-order valence-electron chi connectivity index (χ2n) is 10.6. The normalized spacial score (nSPS) is 20.5. The average molecular weight is 514 g/mol. The first-order valence-electron chi connectivity index (χ1n) is 12.8. The molecule has 2 saturated heterocycles. The van der Waals surface area contributed by atoms with Gasteiger partial charge in [0.2, 0.25) is 0 Å². The van der Waals surface area contributed by atoms with Gasteiger partial charge in [-0.1, -0.05) is 42.5 Å². The molecule has 8 heteroatoms. The minimum atomic E-state index is -1.13. The van der Waals surface area contributed by atoms with E-state index in [-0.39, 0.29) is 22.4 Å². The van der Waals surface area contributed by atoms with E-state index in [0.717, 1.165) is 44.7 Å². The van der Waals surface area contributed by atoms with Crippen molar-refractivity contribution >= 4 is 17.5 Å². The van der Waals surface area contributed by atoms with E-state index in [1.807, 2.05) is 39.0 Å². The Kier molecular flexibility index (Phi) is 8.63. The van der Waals surface area contributed by atoms with Gasteiger partial charge in [-0.3, -0.25) is 4.90 Å². The van der Waals surface area contributed by atoms with Gasteiger partial charge >= 0.3 is 6.09 Å². The fraction of sp³-hybridized carbons (Fsp3) is 0.536. The predicted molar refractivity (Wildman–Crippen MR) is 143 cm³/mol. The van der Waals surface area contributed by atoms with E-state index in [4.69, 9.17) is 9.47 Å². The quantitative estimate of drug-likeness (QED) is 0.568. The Morgan fingerprint density at radius 2 is 1.64 bits per heavy atom. The smallest absolute Gasteiger partial charge is 0.415 e. The molecule has 196 valence electrons. The monoisotopic (exact) mass is 513 g/mol. The molecule has 2 heterocycles. The molecule has 7 nitrogen and oxygen atoms in total. The summed E-state index contributed by atoms with van der Waals surface area (Å²) in [5.41, 5.74) is 2.28. The van der Waals surface area contributed by atoms with Crippen LogP contribution >= 0.6 is 0 Å². The van der Waals surface area contributed by atoms with E-state index < -0.39 is 11.4 Å². The second-order valence-corrected chi connectivity index (χ2v) is 12.6. The highest BCUT2D eigenvalue weighted by Gasteiger charge is 2.42. The largest absolute Gasteiger partial charge is 0.598 e. The lowest BCUT2D eigenvalue weighted by atomic mass is 9.80. The maximum atomic E-state index is 12.7. The number of ether oxygens (including phenoxy) is 2. The van der Waals surface area contributed by atoms with Crippen molar-refractivity contribution in [2.75, 3.05) is 39.4 Å². The summed E-state index contributed by atoms with van der Waals surface area (Å²) >= 11 is -1.13. The van der Waals surface area contributed by atoms with Crippen LogP contribution in [0.25, 0.3) is 0 Å². The number of benzene rings is 2. The van der Waals surface area contributed by atoms with Gasteiger partial charge in [-0.05, 0) is 63.8 Å². The van der Waals surface area contributed by atoms with Crippen molar-refractivity contribution in [3.63, 3.8) is 0 Å². The van der Waals surface area contributed by atoms with Gasteiger partial charge in [-0.15, -0.1) is 4.72 Å². The van der Waals surface area contributed by atoms with E-state index >= 15 is 0 Å². The summed E-state index contributed by atoms with van der Waals surface area (Å²) in [6.45, 7) is 12.3. The number of nitrogens with zero attached hydrogens (tertiary/aromatic N) is 2. The molecule has 0 spiro atoms. The number of carbonyl (C=O) groups excluding carboxylic acids is 1. The van der Waals surface area contributed by atoms with Crippen LogP contribution in [0, 0.1) is 0 Å². The number of piperazine rings is 1. The van der Waals surface area contributed by atoms with Crippen LogP contribution in [-0.2, 0) is 21.6 Å². The Morgan fingerprint density at radius 1 is 1.03 bits per heavy atom. The summed E-state index contributed by atoms with van der Waals surface area (Å²) in [7, 11) is 0. The van der Waals surface area contributed by atoms with Gasteiger partial charge in [0, 0.05) is 50.8 Å². The molecule has 2 aromatic rings. The van der Waals surface area contributed by atoms with Crippen LogP contribution < -0.4 is 9.46 Å². The first-order valence-corrected chi connectivity index (χ1v) is 14.0. The number of hydrogen-bond donors (Lipinski definition) is 1. The zero-order chi connectivity index (χ0) is 25.8. The lowest BCUT2D eigenvalue weighted by Gasteiger charge is -2.49. The molecule has 0 bridgehead atoms. The predicted octanol–water partition coefficient (Wildman–Crippen LogP) is 4.62. The standard InChI is InChI=1S/C28H39N3O4S/c1-22(29-36(33)27(2,3)4)23-10-12-24(13-11-23)28(14-20-34-21-15-28)31-18-16-30(17-19-31)26(32)35-25-8-6-5-7-9-25/h5-13,22,29H,14-21H2,1-4H3/t22-,36?/m1/s1. The van der Waals surface area contributed by atoms with Gasteiger partial charge in [0.25, 0.3) is 0 Å². The van der Waals surface area contributed by atoms with Crippen molar-refractivity contribution < 1.29 is 18.8 Å². The van der Waals surface area contributed by atoms with Crippen molar-refractivity contribution in [1.82, 2.24) is 14.5 Å². The van der Waals surface area contributed by atoms with Crippen LogP contribution in [-0.4, -0.2) is 64.6 Å². The SMILES string of the molecule is C[C@@H](N[S+]([O-])C(C)(C)C)c1ccc(C2(N3CCN(C(=O)Oc4ccccc4)CC3)CCOCC2)cc1. The molecule has 0 saturated carbocycles. The third kappa shape index (κ3) is 6.23. The lowest BCUT2D eigenvalue weighted by molar-refractivity contribution is -0.0483. The Bertz CT molecular complexity index is 982. The van der Waals surface area contributed by atoms with Crippen LogP contribution in [0.2, 0.25) is 0 Å². The van der Waals surface area contributed by atoms with E-state index in [1.165, 1.54) is 5.56 Å². The van der Waals surface area contributed by atoms with Crippen molar-refractivity contribution in [3.8, 4) is 5.75 Å². The average Bonchev–Trinajstić information content (AvgIpc) is 2.89. The van der Waals surface area contributed by atoms with Gasteiger partial charge in [-0.25, -0.2) is 4.79 Å². The van der Waals surface area contributed by atoms with Crippen LogP contribution in [0.3, 0.4) is 0 Å². The number of para-hydroxylation sites is 1. The van der Waals surface area contributed by atoms with Gasteiger partial charge in [0.15, 0.2) is 0 Å². The van der Waals surface area contributed by atoms with E-state index in [9.17, 15) is 9.35 Å². The third-order valence-corrected chi connectivity index (χ3v) is 8.88. The molecule has 2 aliphatic rings. The van der Waals surface area contributed by atoms with Crippen LogP contribution in [0.1, 0.15) is 57.7 Å². The van der Waals surface area contributed by atoms with Crippen LogP contribution in [0.5, 0.6) is 5.75 Å². The summed E-state index contributed by atoms with van der Waals surface area (Å²) in [6.07, 6.45) is 1.55. The highest BCUT2D eigenvalue weighted by atomic mass is 32.2. The number of carbonyl (C=O) groups is 1. The Balaban J connectivity index is 1.43. The summed E-state index contributed by atoms with van der Waals surface area (Å²) in [5.74, 6) is 0.570. The summed E-state index contributed by atoms with van der Waals surface area (Å²) in [5, 5.41) is 0.